The average molecular weight is 275 g/mol. The van der Waals surface area contributed by atoms with Crippen LogP contribution in [-0.4, -0.2) is 19.1 Å². The molecule has 4 nitrogen and oxygen atoms in total. The molecular weight excluding hydrogens is 254 g/mol. The Morgan fingerprint density at radius 2 is 2.10 bits per heavy atom. The lowest BCUT2D eigenvalue weighted by Gasteiger charge is -2.16. The standard InChI is InChI=1S/C16H21NO3/c1-3-4-5-8-11-19-16(18)12-17-13(2)20-15-10-7-6-9-14(15)17/h6-7,9-10H,2-5,8,11-12H2,1H3. The van der Waals surface area contributed by atoms with Crippen LogP contribution in [-0.2, 0) is 9.53 Å². The summed E-state index contributed by atoms with van der Waals surface area (Å²) < 4.78 is 10.7. The first kappa shape index (κ1) is 14.4. The van der Waals surface area contributed by atoms with Crippen LogP contribution < -0.4 is 9.64 Å². The lowest BCUT2D eigenvalue weighted by atomic mass is 10.2. The summed E-state index contributed by atoms with van der Waals surface area (Å²) in [5.74, 6) is 0.949. The molecule has 0 radical (unpaired) electrons. The molecule has 1 heterocycles. The number of ether oxygens (including phenoxy) is 2. The second-order valence-electron chi connectivity index (χ2n) is 4.83. The van der Waals surface area contributed by atoms with E-state index in [4.69, 9.17) is 9.47 Å². The fraction of sp³-hybridized carbons (Fsp3) is 0.438. The first-order chi connectivity index (χ1) is 9.72. The Kier molecular flexibility index (Phi) is 5.04. The van der Waals surface area contributed by atoms with Crippen LogP contribution in [0.25, 0.3) is 0 Å². The number of unbranched alkanes of at least 4 members (excludes halogenated alkanes) is 3. The van der Waals surface area contributed by atoms with Crippen molar-refractivity contribution in [3.05, 3.63) is 36.7 Å². The molecule has 0 atom stereocenters. The molecule has 1 aromatic rings. The molecule has 0 saturated heterocycles. The zero-order chi connectivity index (χ0) is 14.4. The maximum atomic E-state index is 11.8. The fourth-order valence-electron chi connectivity index (χ4n) is 2.15. The predicted molar refractivity (Wildman–Crippen MR) is 78.7 cm³/mol. The number of anilines is 1. The van der Waals surface area contributed by atoms with Gasteiger partial charge in [0.15, 0.2) is 11.6 Å². The molecule has 108 valence electrons. The highest BCUT2D eigenvalue weighted by molar-refractivity contribution is 5.79. The van der Waals surface area contributed by atoms with Crippen molar-refractivity contribution in [2.45, 2.75) is 32.6 Å². The van der Waals surface area contributed by atoms with E-state index in [0.717, 1.165) is 24.3 Å². The minimum absolute atomic E-state index is 0.142. The van der Waals surface area contributed by atoms with Gasteiger partial charge in [-0.15, -0.1) is 0 Å². The zero-order valence-electron chi connectivity index (χ0n) is 11.9. The first-order valence-corrected chi connectivity index (χ1v) is 7.11. The largest absolute Gasteiger partial charge is 0.464 e. The summed E-state index contributed by atoms with van der Waals surface area (Å²) in [6.07, 6.45) is 4.39. The molecule has 4 heteroatoms. The van der Waals surface area contributed by atoms with Crippen molar-refractivity contribution in [3.63, 3.8) is 0 Å². The van der Waals surface area contributed by atoms with E-state index in [1.54, 1.807) is 4.90 Å². The number of hydrogen-bond donors (Lipinski definition) is 0. The Morgan fingerprint density at radius 1 is 1.30 bits per heavy atom. The number of esters is 1. The van der Waals surface area contributed by atoms with Gasteiger partial charge in [0.1, 0.15) is 6.54 Å². The monoisotopic (exact) mass is 275 g/mol. The summed E-state index contributed by atoms with van der Waals surface area (Å²) in [4.78, 5) is 13.6. The quantitative estimate of drug-likeness (QED) is 0.564. The molecule has 0 aliphatic carbocycles. The highest BCUT2D eigenvalue weighted by Gasteiger charge is 2.26. The van der Waals surface area contributed by atoms with Crippen LogP contribution in [0, 0.1) is 0 Å². The maximum Gasteiger partial charge on any atom is 0.326 e. The molecule has 0 fully saturated rings. The van der Waals surface area contributed by atoms with E-state index in [2.05, 4.69) is 13.5 Å². The van der Waals surface area contributed by atoms with Crippen LogP contribution in [0.5, 0.6) is 5.75 Å². The summed E-state index contributed by atoms with van der Waals surface area (Å²) in [7, 11) is 0. The lowest BCUT2D eigenvalue weighted by molar-refractivity contribution is -0.142. The number of fused-ring (bicyclic) bond motifs is 1. The molecule has 0 saturated carbocycles. The number of nitrogens with zero attached hydrogens (tertiary/aromatic N) is 1. The molecule has 1 aliphatic rings. The van der Waals surface area contributed by atoms with Crippen molar-refractivity contribution in [1.82, 2.24) is 0 Å². The number of hydrogen-bond acceptors (Lipinski definition) is 4. The number of benzene rings is 1. The van der Waals surface area contributed by atoms with E-state index >= 15 is 0 Å². The van der Waals surface area contributed by atoms with Gasteiger partial charge in [0.2, 0.25) is 0 Å². The summed E-state index contributed by atoms with van der Waals surface area (Å²) in [5.41, 5.74) is 0.862. The SMILES string of the molecule is C=C1Oc2ccccc2N1CC(=O)OCCCCCC. The van der Waals surface area contributed by atoms with Gasteiger partial charge in [0.05, 0.1) is 12.3 Å². The highest BCUT2D eigenvalue weighted by Crippen LogP contribution is 2.37. The third kappa shape index (κ3) is 3.53. The Morgan fingerprint density at radius 3 is 2.90 bits per heavy atom. The molecule has 0 N–H and O–H groups in total. The van der Waals surface area contributed by atoms with Gasteiger partial charge >= 0.3 is 5.97 Å². The van der Waals surface area contributed by atoms with Crippen molar-refractivity contribution in [3.8, 4) is 5.75 Å². The van der Waals surface area contributed by atoms with Crippen molar-refractivity contribution in [2.75, 3.05) is 18.1 Å². The van der Waals surface area contributed by atoms with Gasteiger partial charge < -0.3 is 9.47 Å². The molecule has 0 spiro atoms. The molecule has 20 heavy (non-hydrogen) atoms. The third-order valence-corrected chi connectivity index (χ3v) is 3.23. The minimum atomic E-state index is -0.247. The smallest absolute Gasteiger partial charge is 0.326 e. The van der Waals surface area contributed by atoms with Crippen molar-refractivity contribution < 1.29 is 14.3 Å². The summed E-state index contributed by atoms with van der Waals surface area (Å²) in [6.45, 7) is 6.61. The average Bonchev–Trinajstić information content (AvgIpc) is 2.75. The number of carbonyl (C=O) groups is 1. The van der Waals surface area contributed by atoms with Gasteiger partial charge in [-0.3, -0.25) is 9.69 Å². The number of para-hydroxylation sites is 2. The maximum absolute atomic E-state index is 11.8. The van der Waals surface area contributed by atoms with Gasteiger partial charge in [-0.2, -0.15) is 0 Å². The summed E-state index contributed by atoms with van der Waals surface area (Å²) >= 11 is 0. The minimum Gasteiger partial charge on any atom is -0.464 e. The molecule has 0 bridgehead atoms. The Hall–Kier alpha value is -1.97. The van der Waals surface area contributed by atoms with Crippen LogP contribution in [0.15, 0.2) is 36.7 Å². The van der Waals surface area contributed by atoms with Gasteiger partial charge in [-0.1, -0.05) is 38.3 Å². The number of rotatable bonds is 7. The molecule has 0 unspecified atom stereocenters. The molecule has 2 rings (SSSR count). The lowest BCUT2D eigenvalue weighted by Crippen LogP contribution is -2.28. The number of carbonyl (C=O) groups excluding carboxylic acids is 1. The van der Waals surface area contributed by atoms with Crippen molar-refractivity contribution in [2.24, 2.45) is 0 Å². The summed E-state index contributed by atoms with van der Waals surface area (Å²) in [5, 5.41) is 0. The highest BCUT2D eigenvalue weighted by atomic mass is 16.5. The van der Waals surface area contributed by atoms with E-state index < -0.39 is 0 Å². The second kappa shape index (κ2) is 6.98. The van der Waals surface area contributed by atoms with Crippen LogP contribution in [0.4, 0.5) is 5.69 Å². The zero-order valence-corrected chi connectivity index (χ0v) is 11.9. The van der Waals surface area contributed by atoms with Crippen molar-refractivity contribution >= 4 is 11.7 Å². The van der Waals surface area contributed by atoms with Crippen molar-refractivity contribution in [1.29, 1.82) is 0 Å². The van der Waals surface area contributed by atoms with Gasteiger partial charge in [-0.25, -0.2) is 0 Å². The second-order valence-corrected chi connectivity index (χ2v) is 4.83. The molecule has 0 aromatic heterocycles. The normalized spacial score (nSPS) is 13.1. The molecule has 0 amide bonds. The Labute approximate surface area is 120 Å². The summed E-state index contributed by atoms with van der Waals surface area (Å²) in [6, 6.07) is 7.56. The first-order valence-electron chi connectivity index (χ1n) is 7.11. The van der Waals surface area contributed by atoms with Gasteiger partial charge in [0.25, 0.3) is 0 Å². The van der Waals surface area contributed by atoms with Crippen LogP contribution in [0.3, 0.4) is 0 Å². The van der Waals surface area contributed by atoms with Gasteiger partial charge in [0, 0.05) is 0 Å². The topological polar surface area (TPSA) is 38.8 Å². The molecule has 1 aromatic carbocycles. The third-order valence-electron chi connectivity index (χ3n) is 3.23. The van der Waals surface area contributed by atoms with Crippen LogP contribution in [0.1, 0.15) is 32.6 Å². The van der Waals surface area contributed by atoms with Crippen LogP contribution in [0.2, 0.25) is 0 Å². The molecule has 1 aliphatic heterocycles. The van der Waals surface area contributed by atoms with Gasteiger partial charge in [-0.05, 0) is 25.1 Å². The Balaban J connectivity index is 1.81. The van der Waals surface area contributed by atoms with E-state index in [1.807, 2.05) is 24.3 Å². The van der Waals surface area contributed by atoms with E-state index in [1.165, 1.54) is 12.8 Å². The van der Waals surface area contributed by atoms with Crippen LogP contribution >= 0.6 is 0 Å². The van der Waals surface area contributed by atoms with E-state index in [-0.39, 0.29) is 12.5 Å². The fourth-order valence-corrected chi connectivity index (χ4v) is 2.15. The van der Waals surface area contributed by atoms with E-state index in [0.29, 0.717) is 12.5 Å². The predicted octanol–water partition coefficient (Wildman–Crippen LogP) is 3.48. The Bertz CT molecular complexity index is 484. The molecular formula is C16H21NO3. The van der Waals surface area contributed by atoms with E-state index in [9.17, 15) is 4.79 Å².